The van der Waals surface area contributed by atoms with Crippen LogP contribution < -0.4 is 22.1 Å². The molecule has 0 aromatic heterocycles. The van der Waals surface area contributed by atoms with E-state index in [-0.39, 0.29) is 19.0 Å². The predicted molar refractivity (Wildman–Crippen MR) is 213 cm³/mol. The molecule has 6 N–H and O–H groups in total. The van der Waals surface area contributed by atoms with Crippen LogP contribution in [0.4, 0.5) is 46.0 Å². The molecule has 0 atom stereocenters. The van der Waals surface area contributed by atoms with Gasteiger partial charge < -0.3 is 36.8 Å². The number of nitriles is 1. The summed E-state index contributed by atoms with van der Waals surface area (Å²) in [5.41, 5.74) is 11.9. The van der Waals surface area contributed by atoms with Crippen LogP contribution in [-0.2, 0) is 0 Å². The summed E-state index contributed by atoms with van der Waals surface area (Å²) >= 11 is 0. The first-order chi connectivity index (χ1) is 26.5. The average Bonchev–Trinajstić information content (AvgIpc) is 3.15. The molecule has 0 saturated carbocycles. The number of non-ortho nitro benzene ring substituents is 2. The van der Waals surface area contributed by atoms with Gasteiger partial charge in [0.2, 0.25) is 0 Å². The Morgan fingerprint density at radius 2 is 1.02 bits per heavy atom. The smallest absolute Gasteiger partial charge is 0.272 e. The van der Waals surface area contributed by atoms with E-state index in [0.29, 0.717) is 41.3 Å². The fourth-order valence-electron chi connectivity index (χ4n) is 5.76. The number of rotatable bonds is 6. The largest absolute Gasteiger partial charge is 0.399 e. The number of hydrogen-bond acceptors (Lipinski definition) is 12. The van der Waals surface area contributed by atoms with Gasteiger partial charge in [-0.3, -0.25) is 20.2 Å². The maximum absolute atomic E-state index is 13.7. The second-order valence-electron chi connectivity index (χ2n) is 13.8. The highest BCUT2D eigenvalue weighted by atomic mass is 19.2. The Bertz CT molecular complexity index is 1710. The van der Waals surface area contributed by atoms with Crippen LogP contribution in [0.2, 0.25) is 0 Å². The molecule has 0 aliphatic carbocycles. The number of nitrogens with one attached hydrogen (secondary N) is 2. The fraction of sp³-hybridized carbons (Fsp3) is 0.500. The first-order valence-corrected chi connectivity index (χ1v) is 18.3. The van der Waals surface area contributed by atoms with Gasteiger partial charge in [-0.05, 0) is 129 Å². The first kappa shape index (κ1) is 47.1. The molecule has 0 unspecified atom stereocenters. The summed E-state index contributed by atoms with van der Waals surface area (Å²) in [7, 11) is 6.31. The van der Waals surface area contributed by atoms with Crippen molar-refractivity contribution in [2.75, 3.05) is 76.8 Å². The maximum Gasteiger partial charge on any atom is 0.272 e. The summed E-state index contributed by atoms with van der Waals surface area (Å²) in [4.78, 5) is 25.9. The van der Waals surface area contributed by atoms with Gasteiger partial charge in [0.1, 0.15) is 5.82 Å². The molecular formula is C38H56F4N10O4. The third-order valence-corrected chi connectivity index (χ3v) is 9.19. The lowest BCUT2D eigenvalue weighted by atomic mass is 10.1. The summed E-state index contributed by atoms with van der Waals surface area (Å²) in [5.74, 6) is -3.13. The van der Waals surface area contributed by atoms with Crippen molar-refractivity contribution in [3.8, 4) is 6.07 Å². The van der Waals surface area contributed by atoms with Crippen molar-refractivity contribution in [2.24, 2.45) is 5.73 Å². The second-order valence-corrected chi connectivity index (χ2v) is 13.8. The zero-order valence-electron chi connectivity index (χ0n) is 32.4. The van der Waals surface area contributed by atoms with Crippen molar-refractivity contribution in [3.63, 3.8) is 0 Å². The summed E-state index contributed by atoms with van der Waals surface area (Å²) in [6, 6.07) is 13.5. The van der Waals surface area contributed by atoms with Gasteiger partial charge in [-0.1, -0.05) is 0 Å². The Balaban J connectivity index is 0.000000382. The van der Waals surface area contributed by atoms with Crippen LogP contribution in [0.1, 0.15) is 46.9 Å². The molecule has 18 heteroatoms. The SMILES string of the molecule is CC#N.CN1CCC(N)CC1.CN1CCC(Nc2ccc(N)cc2F)CC1.CN1CCC(Nc2ccc([N+](=O)[O-])cc2F)CC1.O=[N+]([O-])c1ccc(F)c(F)c1.[HH]. The molecule has 3 aromatic carbocycles. The number of hydrogen-bond donors (Lipinski definition) is 4. The van der Waals surface area contributed by atoms with Crippen molar-refractivity contribution < 1.29 is 28.8 Å². The molecule has 3 aromatic rings. The maximum atomic E-state index is 13.7. The number of nitro groups is 2. The van der Waals surface area contributed by atoms with Crippen LogP contribution in [0.3, 0.4) is 0 Å². The topological polar surface area (TPSA) is 196 Å². The molecule has 0 amide bonds. The van der Waals surface area contributed by atoms with Gasteiger partial charge in [-0.25, -0.2) is 17.6 Å². The van der Waals surface area contributed by atoms with Gasteiger partial charge in [0, 0.05) is 44.3 Å². The van der Waals surface area contributed by atoms with E-state index in [1.807, 2.05) is 0 Å². The van der Waals surface area contributed by atoms with Gasteiger partial charge in [0.25, 0.3) is 11.4 Å². The van der Waals surface area contributed by atoms with E-state index in [9.17, 15) is 37.8 Å². The van der Waals surface area contributed by atoms with Crippen molar-refractivity contribution in [2.45, 2.75) is 63.6 Å². The number of likely N-dealkylation sites (tertiary alicyclic amines) is 3. The summed E-state index contributed by atoms with van der Waals surface area (Å²) < 4.78 is 51.6. The Kier molecular flexibility index (Phi) is 20.5. The van der Waals surface area contributed by atoms with Gasteiger partial charge in [0.05, 0.1) is 39.4 Å². The van der Waals surface area contributed by atoms with Gasteiger partial charge in [0.15, 0.2) is 17.5 Å². The minimum atomic E-state index is -1.21. The number of piperidine rings is 3. The van der Waals surface area contributed by atoms with Crippen LogP contribution in [0, 0.1) is 54.8 Å². The third-order valence-electron chi connectivity index (χ3n) is 9.19. The van der Waals surface area contributed by atoms with Gasteiger partial charge in [-0.2, -0.15) is 5.26 Å². The minimum absolute atomic E-state index is 0. The van der Waals surface area contributed by atoms with Gasteiger partial charge in [-0.15, -0.1) is 0 Å². The summed E-state index contributed by atoms with van der Waals surface area (Å²) in [5, 5.41) is 34.2. The molecule has 0 bridgehead atoms. The highest BCUT2D eigenvalue weighted by Gasteiger charge is 2.19. The van der Waals surface area contributed by atoms with E-state index in [1.54, 1.807) is 18.2 Å². The number of nitro benzene ring substituents is 2. The van der Waals surface area contributed by atoms with Crippen LogP contribution in [0.25, 0.3) is 0 Å². The Morgan fingerprint density at radius 1 is 0.661 bits per heavy atom. The quantitative estimate of drug-likeness (QED) is 0.0880. The summed E-state index contributed by atoms with van der Waals surface area (Å²) in [6.45, 7) is 7.88. The molecule has 3 saturated heterocycles. The number of halogens is 4. The van der Waals surface area contributed by atoms with Crippen LogP contribution in [0.5, 0.6) is 0 Å². The molecule has 3 fully saturated rings. The van der Waals surface area contributed by atoms with E-state index in [2.05, 4.69) is 46.5 Å². The molecule has 3 heterocycles. The van der Waals surface area contributed by atoms with Crippen molar-refractivity contribution in [3.05, 3.63) is 98.1 Å². The van der Waals surface area contributed by atoms with E-state index >= 15 is 0 Å². The van der Waals surface area contributed by atoms with Crippen molar-refractivity contribution in [1.29, 1.82) is 5.26 Å². The third kappa shape index (κ3) is 17.6. The van der Waals surface area contributed by atoms with E-state index in [1.165, 1.54) is 51.1 Å². The first-order valence-electron chi connectivity index (χ1n) is 18.3. The van der Waals surface area contributed by atoms with E-state index in [4.69, 9.17) is 16.7 Å². The standard InChI is InChI=1S/C12H16FN3O2.C12H18FN3.C6H3F2NO2.C6H14N2.C2H3N.H2/c1-15-6-4-9(5-7-15)14-12-3-2-10(16(17)18)8-11(12)13;1-16-6-4-10(5-7-16)15-12-3-2-9(14)8-11(12)13;7-5-2-1-4(9(10)11)3-6(5)8;1-8-4-2-6(7)3-5-8;1-2-3;/h2-3,8-9,14H,4-7H2,1H3;2-3,8,10,15H,4-7,14H2,1H3;1-3H;6H,2-5,7H2,1H3;1H3;1H. The summed E-state index contributed by atoms with van der Waals surface area (Å²) in [6.07, 6.45) is 6.37. The molecule has 0 radical (unpaired) electrons. The Morgan fingerprint density at radius 3 is 1.38 bits per heavy atom. The monoisotopic (exact) mass is 792 g/mol. The Labute approximate surface area is 327 Å². The van der Waals surface area contributed by atoms with E-state index < -0.39 is 33.0 Å². The molecule has 3 aliphatic rings. The zero-order valence-corrected chi connectivity index (χ0v) is 32.4. The van der Waals surface area contributed by atoms with Crippen LogP contribution >= 0.6 is 0 Å². The van der Waals surface area contributed by atoms with Crippen molar-refractivity contribution >= 4 is 28.4 Å². The molecule has 6 rings (SSSR count). The fourth-order valence-corrected chi connectivity index (χ4v) is 5.76. The lowest BCUT2D eigenvalue weighted by Crippen LogP contribution is -2.37. The molecule has 14 nitrogen and oxygen atoms in total. The molecule has 3 aliphatic heterocycles. The lowest BCUT2D eigenvalue weighted by Gasteiger charge is -2.30. The number of benzene rings is 3. The highest BCUT2D eigenvalue weighted by Crippen LogP contribution is 2.24. The molecule has 310 valence electrons. The van der Waals surface area contributed by atoms with Crippen LogP contribution in [0.15, 0.2) is 54.6 Å². The molecule has 0 spiro atoms. The highest BCUT2D eigenvalue weighted by molar-refractivity contribution is 5.53. The van der Waals surface area contributed by atoms with Gasteiger partial charge >= 0.3 is 0 Å². The van der Waals surface area contributed by atoms with Crippen LogP contribution in [-0.4, -0.2) is 103 Å². The number of anilines is 3. The zero-order chi connectivity index (χ0) is 41.8. The minimum Gasteiger partial charge on any atom is -0.399 e. The second kappa shape index (κ2) is 24.4. The normalized spacial score (nSPS) is 16.8. The number of nitrogens with two attached hydrogens (primary N) is 2. The molecular weight excluding hydrogens is 736 g/mol. The number of nitrogen functional groups attached to an aromatic ring is 1. The van der Waals surface area contributed by atoms with E-state index in [0.717, 1.165) is 64.0 Å². The lowest BCUT2D eigenvalue weighted by molar-refractivity contribution is -0.385. The Hall–Kier alpha value is -5.09. The molecule has 56 heavy (non-hydrogen) atoms. The van der Waals surface area contributed by atoms with Crippen molar-refractivity contribution in [1.82, 2.24) is 14.7 Å². The number of nitrogens with zero attached hydrogens (tertiary/aromatic N) is 6. The predicted octanol–water partition coefficient (Wildman–Crippen LogP) is 6.84. The average molecular weight is 793 g/mol.